The van der Waals surface area contributed by atoms with Crippen molar-refractivity contribution in [2.75, 3.05) is 5.32 Å². The first-order chi connectivity index (χ1) is 27.4. The number of benzene rings is 3. The van der Waals surface area contributed by atoms with Gasteiger partial charge in [-0.2, -0.15) is 4.98 Å². The van der Waals surface area contributed by atoms with Gasteiger partial charge in [-0.3, -0.25) is 9.59 Å². The van der Waals surface area contributed by atoms with Crippen molar-refractivity contribution in [1.82, 2.24) is 25.2 Å². The third kappa shape index (κ3) is 4.84. The van der Waals surface area contributed by atoms with E-state index < -0.39 is 41.1 Å². The van der Waals surface area contributed by atoms with Crippen LogP contribution in [-0.2, 0) is 28.0 Å². The zero-order valence-corrected chi connectivity index (χ0v) is 33.4. The normalized spacial score (nSPS) is 21.4. The summed E-state index contributed by atoms with van der Waals surface area (Å²) in [6.45, 7) is 10.0. The highest BCUT2D eigenvalue weighted by Crippen LogP contribution is 2.62. The van der Waals surface area contributed by atoms with Gasteiger partial charge >= 0.3 is 0 Å². The van der Waals surface area contributed by atoms with E-state index >= 15 is 0 Å². The summed E-state index contributed by atoms with van der Waals surface area (Å²) < 4.78 is 22.6. The second kappa shape index (κ2) is 12.6. The highest BCUT2D eigenvalue weighted by Gasteiger charge is 2.62. The molecule has 0 saturated carbocycles. The summed E-state index contributed by atoms with van der Waals surface area (Å²) in [5, 5.41) is 22.4. The van der Waals surface area contributed by atoms with Gasteiger partial charge < -0.3 is 39.2 Å². The minimum atomic E-state index is -1.64. The molecular formula is C43H40Cl2N6O6. The van der Waals surface area contributed by atoms with E-state index in [9.17, 15) is 14.7 Å². The number of aliphatic hydroxyl groups is 1. The van der Waals surface area contributed by atoms with Crippen LogP contribution >= 0.6 is 23.2 Å². The smallest absolute Gasteiger partial charge is 0.252 e. The van der Waals surface area contributed by atoms with E-state index in [0.29, 0.717) is 40.2 Å². The Balaban J connectivity index is 1.30. The van der Waals surface area contributed by atoms with Crippen LogP contribution in [0.5, 0.6) is 5.75 Å². The second-order valence-electron chi connectivity index (χ2n) is 15.7. The van der Waals surface area contributed by atoms with Gasteiger partial charge in [-0.05, 0) is 48.9 Å². The van der Waals surface area contributed by atoms with Crippen molar-refractivity contribution in [2.45, 2.75) is 89.8 Å². The second-order valence-corrected chi connectivity index (χ2v) is 16.4. The van der Waals surface area contributed by atoms with Crippen molar-refractivity contribution in [3.8, 4) is 39.8 Å². The predicted octanol–water partition coefficient (Wildman–Crippen LogP) is 8.14. The Hall–Kier alpha value is -5.30. The lowest BCUT2D eigenvalue weighted by Gasteiger charge is -2.30. The molecule has 3 aromatic heterocycles. The number of oxazole rings is 2. The van der Waals surface area contributed by atoms with Crippen molar-refractivity contribution in [2.24, 2.45) is 5.92 Å². The Kier molecular flexibility index (Phi) is 7.97. The van der Waals surface area contributed by atoms with Gasteiger partial charge in [-0.25, -0.2) is 4.98 Å². The van der Waals surface area contributed by atoms with Crippen molar-refractivity contribution < 1.29 is 28.3 Å². The van der Waals surface area contributed by atoms with Crippen LogP contribution in [0.25, 0.3) is 44.9 Å². The summed E-state index contributed by atoms with van der Waals surface area (Å²) in [4.78, 5) is 37.9. The van der Waals surface area contributed by atoms with Gasteiger partial charge in [0.1, 0.15) is 34.0 Å². The van der Waals surface area contributed by atoms with Crippen LogP contribution in [0.1, 0.15) is 81.8 Å². The van der Waals surface area contributed by atoms with Crippen molar-refractivity contribution in [3.63, 3.8) is 0 Å². The first-order valence-corrected chi connectivity index (χ1v) is 20.2. The number of aryl methyl sites for hydroxylation is 1. The Morgan fingerprint density at radius 2 is 1.81 bits per heavy atom. The molecule has 0 aliphatic carbocycles. The average molecular weight is 808 g/mol. The number of halogens is 2. The average Bonchev–Trinajstić information content (AvgIpc) is 4.00. The van der Waals surface area contributed by atoms with Crippen LogP contribution < -0.4 is 20.7 Å². The molecule has 7 heterocycles. The van der Waals surface area contributed by atoms with E-state index in [1.54, 1.807) is 13.8 Å². The Morgan fingerprint density at radius 3 is 2.56 bits per heavy atom. The molecule has 0 fully saturated rings. The number of rotatable bonds is 6. The largest absolute Gasteiger partial charge is 0.469 e. The van der Waals surface area contributed by atoms with Gasteiger partial charge in [0.15, 0.2) is 28.6 Å². The molecule has 4 aliphatic rings. The number of nitrogens with zero attached hydrogens (tertiary/aromatic N) is 3. The van der Waals surface area contributed by atoms with Crippen LogP contribution in [0.4, 0.5) is 5.69 Å². The SMILES string of the molecule is CCn1c(Cl)c2c3c(cccc31)-c1cccc3c1NC1Oc4ccc5cc4C31c1oc(nc1-c1nc(Cl)c-2o1)C(C(C)C)NC(=O)C(NC(=O)C(O)(CC)CC)C5. The van der Waals surface area contributed by atoms with Crippen LogP contribution in [0.2, 0.25) is 10.3 Å². The van der Waals surface area contributed by atoms with Gasteiger partial charge in [0.05, 0.1) is 11.1 Å². The molecule has 14 heteroatoms. The molecular weight excluding hydrogens is 767 g/mol. The molecule has 0 saturated heterocycles. The fourth-order valence-electron chi connectivity index (χ4n) is 9.28. The highest BCUT2D eigenvalue weighted by atomic mass is 35.5. The van der Waals surface area contributed by atoms with Gasteiger partial charge in [0, 0.05) is 40.7 Å². The number of para-hydroxylation sites is 1. The summed E-state index contributed by atoms with van der Waals surface area (Å²) in [5.41, 5.74) is 4.12. The lowest BCUT2D eigenvalue weighted by Crippen LogP contribution is -2.55. The maximum absolute atomic E-state index is 14.4. The number of ether oxygens (including phenoxy) is 1. The van der Waals surface area contributed by atoms with Gasteiger partial charge in [-0.15, -0.1) is 0 Å². The van der Waals surface area contributed by atoms with Crippen molar-refractivity contribution in [3.05, 3.63) is 93.2 Å². The van der Waals surface area contributed by atoms with E-state index in [0.717, 1.165) is 44.4 Å². The van der Waals surface area contributed by atoms with Crippen molar-refractivity contribution >= 4 is 51.6 Å². The number of hydrogen-bond acceptors (Lipinski definition) is 9. The quantitative estimate of drug-likeness (QED) is 0.131. The number of carbonyl (C=O) groups is 2. The van der Waals surface area contributed by atoms with E-state index in [1.807, 2.05) is 61.7 Å². The van der Waals surface area contributed by atoms with Crippen LogP contribution in [-0.4, -0.2) is 49.3 Å². The Morgan fingerprint density at radius 1 is 1.04 bits per heavy atom. The monoisotopic (exact) mass is 806 g/mol. The molecule has 1 spiro atoms. The zero-order chi connectivity index (χ0) is 39.7. The number of anilines is 1. The molecule has 0 radical (unpaired) electrons. The standard InChI is InChI=1S/C43H40Cl2N6O6/c1-6-42(54,7-2)40(53)46-25-18-20-15-16-27-24(17-20)43-23-13-9-12-22(31(23)49-41(43)55-27)21-11-10-14-26-28(21)29(36(45)51(26)8-3)33-35(44)50-39(56-33)32-34(43)57-38(48-32)30(19(4)5)47-37(25)52/h9-17,19,25,30,41,49,54H,6-8,18H2,1-5H3,(H,46,53)(H,47,52). The number of nitrogens with one attached hydrogen (secondary N) is 3. The number of fused-ring (bicyclic) bond motifs is 7. The number of hydrogen-bond donors (Lipinski definition) is 4. The maximum atomic E-state index is 14.4. The highest BCUT2D eigenvalue weighted by molar-refractivity contribution is 6.38. The van der Waals surface area contributed by atoms with E-state index in [4.69, 9.17) is 46.7 Å². The van der Waals surface area contributed by atoms with Crippen LogP contribution in [0.15, 0.2) is 63.4 Å². The lowest BCUT2D eigenvalue weighted by atomic mass is 9.72. The predicted molar refractivity (Wildman–Crippen MR) is 215 cm³/mol. The molecule has 292 valence electrons. The molecule has 6 aromatic rings. The topological polar surface area (TPSA) is 157 Å². The van der Waals surface area contributed by atoms with Crippen molar-refractivity contribution in [1.29, 1.82) is 0 Å². The van der Waals surface area contributed by atoms with Crippen LogP contribution in [0, 0.1) is 5.92 Å². The third-order valence-electron chi connectivity index (χ3n) is 12.4. The first-order valence-electron chi connectivity index (χ1n) is 19.5. The summed E-state index contributed by atoms with van der Waals surface area (Å²) in [6, 6.07) is 16.3. The molecule has 57 heavy (non-hydrogen) atoms. The summed E-state index contributed by atoms with van der Waals surface area (Å²) in [7, 11) is 0. The van der Waals surface area contributed by atoms with E-state index in [1.165, 1.54) is 0 Å². The van der Waals surface area contributed by atoms with Crippen LogP contribution in [0.3, 0.4) is 0 Å². The van der Waals surface area contributed by atoms with E-state index in [2.05, 4.69) is 34.1 Å². The molecule has 4 aliphatic heterocycles. The zero-order valence-electron chi connectivity index (χ0n) is 31.9. The fourth-order valence-corrected chi connectivity index (χ4v) is 9.88. The fraction of sp³-hybridized carbons (Fsp3) is 0.349. The molecule has 4 N–H and O–H groups in total. The molecule has 4 atom stereocenters. The van der Waals surface area contributed by atoms with E-state index in [-0.39, 0.29) is 42.1 Å². The van der Waals surface area contributed by atoms with Gasteiger partial charge in [-0.1, -0.05) is 93.4 Å². The number of carbonyl (C=O) groups excluding carboxylic acids is 2. The summed E-state index contributed by atoms with van der Waals surface area (Å²) in [5.74, 6) is 0.343. The molecule has 12 nitrogen and oxygen atoms in total. The molecule has 3 aromatic carbocycles. The summed E-state index contributed by atoms with van der Waals surface area (Å²) in [6.07, 6.45) is -0.194. The molecule has 2 amide bonds. The molecule has 10 rings (SSSR count). The maximum Gasteiger partial charge on any atom is 0.252 e. The van der Waals surface area contributed by atoms with Gasteiger partial charge in [0.2, 0.25) is 11.8 Å². The van der Waals surface area contributed by atoms with Gasteiger partial charge in [0.25, 0.3) is 11.8 Å². The lowest BCUT2D eigenvalue weighted by molar-refractivity contribution is -0.143. The number of aromatic nitrogens is 3. The number of amides is 2. The first kappa shape index (κ1) is 36.1. The third-order valence-corrected chi connectivity index (χ3v) is 13.1. The minimum absolute atomic E-state index is 0.106. The summed E-state index contributed by atoms with van der Waals surface area (Å²) >= 11 is 14.3. The molecule has 10 bridgehead atoms. The minimum Gasteiger partial charge on any atom is -0.469 e. The Bertz CT molecular complexity index is 2690. The molecule has 4 unspecified atom stereocenters. The Labute approximate surface area is 337 Å².